The summed E-state index contributed by atoms with van der Waals surface area (Å²) in [5, 5.41) is 8.42. The van der Waals surface area contributed by atoms with E-state index < -0.39 is 0 Å². The summed E-state index contributed by atoms with van der Waals surface area (Å²) in [6, 6.07) is 0. The molecule has 100 valence electrons. The van der Waals surface area contributed by atoms with Crippen molar-refractivity contribution < 1.29 is 0 Å². The van der Waals surface area contributed by atoms with Crippen LogP contribution in [0.5, 0.6) is 0 Å². The summed E-state index contributed by atoms with van der Waals surface area (Å²) in [5.74, 6) is 0.856. The zero-order chi connectivity index (χ0) is 12.4. The van der Waals surface area contributed by atoms with E-state index in [1.54, 1.807) is 0 Å². The molecule has 1 aromatic heterocycles. The van der Waals surface area contributed by atoms with E-state index in [1.807, 2.05) is 0 Å². The van der Waals surface area contributed by atoms with Gasteiger partial charge < -0.3 is 5.32 Å². The quantitative estimate of drug-likeness (QED) is 0.886. The number of hydrogen-bond donors (Lipinski definition) is 1. The van der Waals surface area contributed by atoms with Crippen LogP contribution in [0.2, 0.25) is 0 Å². The first-order chi connectivity index (χ1) is 8.85. The average molecular weight is 247 g/mol. The van der Waals surface area contributed by atoms with Crippen molar-refractivity contribution >= 4 is 0 Å². The molecule has 1 aromatic rings. The molecule has 18 heavy (non-hydrogen) atoms. The van der Waals surface area contributed by atoms with Crippen LogP contribution >= 0.6 is 0 Å². The van der Waals surface area contributed by atoms with Gasteiger partial charge in [0.05, 0.1) is 6.20 Å². The van der Waals surface area contributed by atoms with E-state index in [2.05, 4.69) is 34.4 Å². The summed E-state index contributed by atoms with van der Waals surface area (Å²) >= 11 is 0. The molecule has 3 heteroatoms. The van der Waals surface area contributed by atoms with Gasteiger partial charge in [0.15, 0.2) is 0 Å². The van der Waals surface area contributed by atoms with Gasteiger partial charge in [-0.2, -0.15) is 5.10 Å². The molecule has 1 unspecified atom stereocenters. The summed E-state index contributed by atoms with van der Waals surface area (Å²) in [6.07, 6.45) is 13.7. The molecule has 0 bridgehead atoms. The molecular formula is C15H25N3. The van der Waals surface area contributed by atoms with Crippen molar-refractivity contribution in [1.82, 2.24) is 15.1 Å². The number of aromatic nitrogens is 2. The molecule has 3 rings (SSSR count). The summed E-state index contributed by atoms with van der Waals surface area (Å²) in [5.41, 5.74) is 1.70. The van der Waals surface area contributed by atoms with Crippen LogP contribution in [0.1, 0.15) is 57.4 Å². The van der Waals surface area contributed by atoms with Crippen molar-refractivity contribution in [2.75, 3.05) is 6.54 Å². The Balaban J connectivity index is 1.86. The van der Waals surface area contributed by atoms with Gasteiger partial charge in [-0.25, -0.2) is 0 Å². The zero-order valence-corrected chi connectivity index (χ0v) is 11.5. The second-order valence-corrected chi connectivity index (χ2v) is 5.98. The van der Waals surface area contributed by atoms with E-state index in [0.29, 0.717) is 0 Å². The second kappa shape index (κ2) is 5.04. The molecule has 0 radical (unpaired) electrons. The van der Waals surface area contributed by atoms with Crippen molar-refractivity contribution in [1.29, 1.82) is 0 Å². The third kappa shape index (κ3) is 2.20. The van der Waals surface area contributed by atoms with E-state index in [-0.39, 0.29) is 5.54 Å². The molecule has 0 amide bonds. The van der Waals surface area contributed by atoms with Gasteiger partial charge in [0.1, 0.15) is 0 Å². The Morgan fingerprint density at radius 2 is 2.28 bits per heavy atom. The molecule has 2 heterocycles. The number of nitrogens with zero attached hydrogens (tertiary/aromatic N) is 2. The van der Waals surface area contributed by atoms with Crippen molar-refractivity contribution in [3.63, 3.8) is 0 Å². The fourth-order valence-corrected chi connectivity index (χ4v) is 3.46. The van der Waals surface area contributed by atoms with Crippen LogP contribution in [0.25, 0.3) is 0 Å². The smallest absolute Gasteiger partial charge is 0.0540 e. The van der Waals surface area contributed by atoms with E-state index in [4.69, 9.17) is 0 Å². The van der Waals surface area contributed by atoms with Crippen LogP contribution < -0.4 is 5.32 Å². The SMILES string of the molecule is CCCn1cc(C2(C3CC3)CCCCCN2)cn1. The Labute approximate surface area is 110 Å². The molecule has 2 aliphatic rings. The first-order valence-electron chi connectivity index (χ1n) is 7.63. The van der Waals surface area contributed by atoms with Crippen LogP contribution in [0, 0.1) is 5.92 Å². The van der Waals surface area contributed by atoms with Crippen molar-refractivity contribution in [3.8, 4) is 0 Å². The van der Waals surface area contributed by atoms with Gasteiger partial charge in [0, 0.05) is 23.8 Å². The normalized spacial score (nSPS) is 29.2. The third-order valence-electron chi connectivity index (χ3n) is 4.56. The topological polar surface area (TPSA) is 29.9 Å². The summed E-state index contributed by atoms with van der Waals surface area (Å²) in [6.45, 7) is 4.43. The Hall–Kier alpha value is -0.830. The highest BCUT2D eigenvalue weighted by atomic mass is 15.3. The maximum Gasteiger partial charge on any atom is 0.0540 e. The minimum Gasteiger partial charge on any atom is -0.307 e. The molecule has 0 spiro atoms. The Morgan fingerprint density at radius 3 is 3.06 bits per heavy atom. The van der Waals surface area contributed by atoms with Gasteiger partial charge >= 0.3 is 0 Å². The number of rotatable bonds is 4. The highest BCUT2D eigenvalue weighted by Gasteiger charge is 2.46. The maximum absolute atomic E-state index is 4.54. The minimum absolute atomic E-state index is 0.252. The molecule has 2 fully saturated rings. The summed E-state index contributed by atoms with van der Waals surface area (Å²) in [7, 11) is 0. The predicted octanol–water partition coefficient (Wildman–Crippen LogP) is 3.06. The summed E-state index contributed by atoms with van der Waals surface area (Å²) in [4.78, 5) is 0. The molecule has 1 saturated carbocycles. The Morgan fingerprint density at radius 1 is 1.39 bits per heavy atom. The zero-order valence-electron chi connectivity index (χ0n) is 11.5. The number of hydrogen-bond acceptors (Lipinski definition) is 2. The highest BCUT2D eigenvalue weighted by molar-refractivity contribution is 5.23. The molecule has 3 nitrogen and oxygen atoms in total. The molecular weight excluding hydrogens is 222 g/mol. The fraction of sp³-hybridized carbons (Fsp3) is 0.800. The van der Waals surface area contributed by atoms with Crippen molar-refractivity contribution in [2.24, 2.45) is 5.92 Å². The minimum atomic E-state index is 0.252. The molecule has 1 aliphatic carbocycles. The van der Waals surface area contributed by atoms with E-state index in [9.17, 15) is 0 Å². The van der Waals surface area contributed by atoms with E-state index >= 15 is 0 Å². The fourth-order valence-electron chi connectivity index (χ4n) is 3.46. The van der Waals surface area contributed by atoms with Crippen molar-refractivity contribution in [2.45, 2.75) is 64.0 Å². The maximum atomic E-state index is 4.54. The standard InChI is InChI=1S/C15H25N3/c1-2-10-18-12-14(11-17-18)15(13-6-7-13)8-4-3-5-9-16-15/h11-13,16H,2-10H2,1H3. The largest absolute Gasteiger partial charge is 0.307 e. The van der Waals surface area contributed by atoms with Crippen LogP contribution in [-0.2, 0) is 12.1 Å². The first kappa shape index (κ1) is 12.2. The van der Waals surface area contributed by atoms with Crippen molar-refractivity contribution in [3.05, 3.63) is 18.0 Å². The number of aryl methyl sites for hydroxylation is 1. The average Bonchev–Trinajstić information content (AvgIpc) is 3.15. The van der Waals surface area contributed by atoms with Crippen LogP contribution in [0.4, 0.5) is 0 Å². The lowest BCUT2D eigenvalue weighted by Crippen LogP contribution is -2.43. The lowest BCUT2D eigenvalue weighted by molar-refractivity contribution is 0.278. The molecule has 1 N–H and O–H groups in total. The monoisotopic (exact) mass is 247 g/mol. The van der Waals surface area contributed by atoms with Crippen LogP contribution in [0.15, 0.2) is 12.4 Å². The molecule has 0 aromatic carbocycles. The predicted molar refractivity (Wildman–Crippen MR) is 73.4 cm³/mol. The lowest BCUT2D eigenvalue weighted by Gasteiger charge is -2.33. The molecule has 1 saturated heterocycles. The first-order valence-corrected chi connectivity index (χ1v) is 7.63. The van der Waals surface area contributed by atoms with Gasteiger partial charge in [-0.15, -0.1) is 0 Å². The van der Waals surface area contributed by atoms with Gasteiger partial charge in [-0.3, -0.25) is 4.68 Å². The molecule has 1 aliphatic heterocycles. The Kier molecular flexibility index (Phi) is 3.42. The van der Waals surface area contributed by atoms with Gasteiger partial charge in [0.25, 0.3) is 0 Å². The van der Waals surface area contributed by atoms with Crippen LogP contribution in [-0.4, -0.2) is 16.3 Å². The number of nitrogens with one attached hydrogen (secondary N) is 1. The lowest BCUT2D eigenvalue weighted by atomic mass is 9.83. The van der Waals surface area contributed by atoms with Gasteiger partial charge in [0.2, 0.25) is 0 Å². The van der Waals surface area contributed by atoms with Gasteiger partial charge in [-0.05, 0) is 44.6 Å². The van der Waals surface area contributed by atoms with E-state index in [0.717, 1.165) is 18.9 Å². The highest BCUT2D eigenvalue weighted by Crippen LogP contribution is 2.49. The summed E-state index contributed by atoms with van der Waals surface area (Å²) < 4.78 is 2.12. The third-order valence-corrected chi connectivity index (χ3v) is 4.56. The van der Waals surface area contributed by atoms with Crippen LogP contribution in [0.3, 0.4) is 0 Å². The Bertz CT molecular complexity index is 384. The van der Waals surface area contributed by atoms with Gasteiger partial charge in [-0.1, -0.05) is 19.8 Å². The molecule has 1 atom stereocenters. The second-order valence-electron chi connectivity index (χ2n) is 5.98. The van der Waals surface area contributed by atoms with E-state index in [1.165, 1.54) is 50.6 Å².